The van der Waals surface area contributed by atoms with Crippen LogP contribution in [0.1, 0.15) is 24.8 Å². The molecule has 1 fully saturated rings. The second-order valence-electron chi connectivity index (χ2n) is 5.07. The van der Waals surface area contributed by atoms with Crippen LogP contribution in [0.3, 0.4) is 0 Å². The van der Waals surface area contributed by atoms with Gasteiger partial charge in [-0.15, -0.1) is 0 Å². The van der Waals surface area contributed by atoms with E-state index in [0.717, 1.165) is 24.1 Å². The Morgan fingerprint density at radius 3 is 2.84 bits per heavy atom. The molecule has 2 N–H and O–H groups in total. The van der Waals surface area contributed by atoms with Crippen LogP contribution in [0.25, 0.3) is 0 Å². The van der Waals surface area contributed by atoms with Gasteiger partial charge in [0.2, 0.25) is 5.91 Å². The van der Waals surface area contributed by atoms with E-state index in [4.69, 9.17) is 4.74 Å². The standard InChI is InChI=1S/C14H17FN2O2/c15-11-7-9-1-2-14(18)17-12(9)8-13(11)16-10-3-5-19-6-4-10/h7-8,10,16H,1-6H2,(H,17,18). The number of rotatable bonds is 2. The smallest absolute Gasteiger partial charge is 0.224 e. The molecule has 2 heterocycles. The number of carbonyl (C=O) groups excluding carboxylic acids is 1. The molecular formula is C14H17FN2O2. The molecule has 5 heteroatoms. The van der Waals surface area contributed by atoms with E-state index in [0.29, 0.717) is 31.7 Å². The summed E-state index contributed by atoms with van der Waals surface area (Å²) in [6, 6.07) is 3.47. The number of amides is 1. The Morgan fingerprint density at radius 1 is 1.26 bits per heavy atom. The molecule has 19 heavy (non-hydrogen) atoms. The highest BCUT2D eigenvalue weighted by atomic mass is 19.1. The highest BCUT2D eigenvalue weighted by molar-refractivity contribution is 5.94. The van der Waals surface area contributed by atoms with Crippen LogP contribution in [0.15, 0.2) is 12.1 Å². The third-order valence-electron chi connectivity index (χ3n) is 3.67. The Bertz CT molecular complexity index is 498. The molecule has 0 saturated carbocycles. The van der Waals surface area contributed by atoms with Gasteiger partial charge in [0.25, 0.3) is 0 Å². The van der Waals surface area contributed by atoms with Crippen LogP contribution in [-0.4, -0.2) is 25.2 Å². The number of anilines is 2. The molecular weight excluding hydrogens is 247 g/mol. The average molecular weight is 264 g/mol. The minimum atomic E-state index is -0.249. The molecule has 1 aromatic rings. The molecule has 4 nitrogen and oxygen atoms in total. The average Bonchev–Trinajstić information content (AvgIpc) is 2.41. The van der Waals surface area contributed by atoms with Gasteiger partial charge in [-0.1, -0.05) is 0 Å². The molecule has 3 rings (SSSR count). The molecule has 0 spiro atoms. The topological polar surface area (TPSA) is 50.4 Å². The lowest BCUT2D eigenvalue weighted by atomic mass is 10.0. The minimum Gasteiger partial charge on any atom is -0.381 e. The summed E-state index contributed by atoms with van der Waals surface area (Å²) in [7, 11) is 0. The van der Waals surface area contributed by atoms with Crippen molar-refractivity contribution in [3.63, 3.8) is 0 Å². The van der Waals surface area contributed by atoms with Crippen molar-refractivity contribution >= 4 is 17.3 Å². The third-order valence-corrected chi connectivity index (χ3v) is 3.67. The summed E-state index contributed by atoms with van der Waals surface area (Å²) in [4.78, 5) is 11.4. The molecule has 102 valence electrons. The molecule has 0 aliphatic carbocycles. The zero-order valence-corrected chi connectivity index (χ0v) is 10.7. The summed E-state index contributed by atoms with van der Waals surface area (Å²) >= 11 is 0. The molecule has 1 amide bonds. The van der Waals surface area contributed by atoms with Crippen molar-refractivity contribution in [2.45, 2.75) is 31.7 Å². The number of benzene rings is 1. The van der Waals surface area contributed by atoms with Gasteiger partial charge in [0.1, 0.15) is 5.82 Å². The number of hydrogen-bond donors (Lipinski definition) is 2. The van der Waals surface area contributed by atoms with E-state index in [-0.39, 0.29) is 17.8 Å². The van der Waals surface area contributed by atoms with Crippen molar-refractivity contribution in [3.05, 3.63) is 23.5 Å². The number of carbonyl (C=O) groups is 1. The van der Waals surface area contributed by atoms with Crippen molar-refractivity contribution in [3.8, 4) is 0 Å². The van der Waals surface area contributed by atoms with Gasteiger partial charge in [0.15, 0.2) is 0 Å². The maximum Gasteiger partial charge on any atom is 0.224 e. The highest BCUT2D eigenvalue weighted by Gasteiger charge is 2.20. The van der Waals surface area contributed by atoms with Gasteiger partial charge < -0.3 is 15.4 Å². The number of nitrogens with one attached hydrogen (secondary N) is 2. The van der Waals surface area contributed by atoms with Crippen LogP contribution in [0.5, 0.6) is 0 Å². The summed E-state index contributed by atoms with van der Waals surface area (Å²) in [5.74, 6) is -0.252. The Morgan fingerprint density at radius 2 is 2.05 bits per heavy atom. The van der Waals surface area contributed by atoms with E-state index in [1.807, 2.05) is 0 Å². The number of ether oxygens (including phenoxy) is 1. The first-order valence-corrected chi connectivity index (χ1v) is 6.69. The van der Waals surface area contributed by atoms with Gasteiger partial charge in [-0.2, -0.15) is 0 Å². The second-order valence-corrected chi connectivity index (χ2v) is 5.07. The predicted octanol–water partition coefficient (Wildman–Crippen LogP) is 2.30. The molecule has 2 aliphatic heterocycles. The summed E-state index contributed by atoms with van der Waals surface area (Å²) in [6.45, 7) is 1.42. The summed E-state index contributed by atoms with van der Waals surface area (Å²) in [6.07, 6.45) is 2.79. The number of hydrogen-bond acceptors (Lipinski definition) is 3. The van der Waals surface area contributed by atoms with Crippen molar-refractivity contribution in [1.29, 1.82) is 0 Å². The maximum absolute atomic E-state index is 14.0. The van der Waals surface area contributed by atoms with Crippen molar-refractivity contribution in [2.75, 3.05) is 23.8 Å². The highest BCUT2D eigenvalue weighted by Crippen LogP contribution is 2.29. The number of aryl methyl sites for hydroxylation is 1. The summed E-state index contributed by atoms with van der Waals surface area (Å²) in [5, 5.41) is 6.00. The Kier molecular flexibility index (Phi) is 3.38. The van der Waals surface area contributed by atoms with E-state index in [1.54, 1.807) is 6.07 Å². The van der Waals surface area contributed by atoms with E-state index in [2.05, 4.69) is 10.6 Å². The first-order valence-electron chi connectivity index (χ1n) is 6.69. The molecule has 0 aromatic heterocycles. The summed E-state index contributed by atoms with van der Waals surface area (Å²) in [5.41, 5.74) is 2.06. The zero-order chi connectivity index (χ0) is 13.2. The molecule has 2 aliphatic rings. The molecule has 0 unspecified atom stereocenters. The van der Waals surface area contributed by atoms with E-state index < -0.39 is 0 Å². The molecule has 1 saturated heterocycles. The molecule has 0 bridgehead atoms. The van der Waals surface area contributed by atoms with Crippen LogP contribution in [-0.2, 0) is 16.0 Å². The van der Waals surface area contributed by atoms with E-state index in [1.165, 1.54) is 6.07 Å². The van der Waals surface area contributed by atoms with E-state index in [9.17, 15) is 9.18 Å². The van der Waals surface area contributed by atoms with Gasteiger partial charge in [0.05, 0.1) is 5.69 Å². The number of fused-ring (bicyclic) bond motifs is 1. The fraction of sp³-hybridized carbons (Fsp3) is 0.500. The van der Waals surface area contributed by atoms with Gasteiger partial charge >= 0.3 is 0 Å². The lowest BCUT2D eigenvalue weighted by Crippen LogP contribution is -2.28. The monoisotopic (exact) mass is 264 g/mol. The lowest BCUT2D eigenvalue weighted by molar-refractivity contribution is -0.116. The minimum absolute atomic E-state index is 0.00359. The summed E-state index contributed by atoms with van der Waals surface area (Å²) < 4.78 is 19.3. The predicted molar refractivity (Wildman–Crippen MR) is 70.8 cm³/mol. The van der Waals surface area contributed by atoms with Gasteiger partial charge in [-0.25, -0.2) is 4.39 Å². The second kappa shape index (κ2) is 5.17. The van der Waals surface area contributed by atoms with Gasteiger partial charge in [-0.3, -0.25) is 4.79 Å². The Labute approximate surface area is 111 Å². The van der Waals surface area contributed by atoms with Crippen LogP contribution in [0, 0.1) is 5.82 Å². The van der Waals surface area contributed by atoms with Gasteiger partial charge in [-0.05, 0) is 37.0 Å². The maximum atomic E-state index is 14.0. The molecule has 1 aromatic carbocycles. The Balaban J connectivity index is 1.80. The quantitative estimate of drug-likeness (QED) is 0.861. The zero-order valence-electron chi connectivity index (χ0n) is 10.7. The fourth-order valence-electron chi connectivity index (χ4n) is 2.57. The fourth-order valence-corrected chi connectivity index (χ4v) is 2.57. The van der Waals surface area contributed by atoms with Crippen LogP contribution >= 0.6 is 0 Å². The molecule has 0 radical (unpaired) electrons. The first-order chi connectivity index (χ1) is 9.22. The van der Waals surface area contributed by atoms with Crippen LogP contribution in [0.4, 0.5) is 15.8 Å². The normalized spacial score (nSPS) is 19.7. The van der Waals surface area contributed by atoms with Crippen LogP contribution < -0.4 is 10.6 Å². The van der Waals surface area contributed by atoms with Crippen molar-refractivity contribution < 1.29 is 13.9 Å². The van der Waals surface area contributed by atoms with Crippen molar-refractivity contribution in [1.82, 2.24) is 0 Å². The first kappa shape index (κ1) is 12.4. The lowest BCUT2D eigenvalue weighted by Gasteiger charge is -2.25. The molecule has 0 atom stereocenters. The third kappa shape index (κ3) is 2.71. The van der Waals surface area contributed by atoms with E-state index >= 15 is 0 Å². The largest absolute Gasteiger partial charge is 0.381 e. The SMILES string of the molecule is O=C1CCc2cc(F)c(NC3CCOCC3)cc2N1. The number of halogens is 1. The van der Waals surface area contributed by atoms with Crippen molar-refractivity contribution in [2.24, 2.45) is 0 Å². The Hall–Kier alpha value is -1.62. The van der Waals surface area contributed by atoms with Crippen LogP contribution in [0.2, 0.25) is 0 Å². The van der Waals surface area contributed by atoms with Gasteiger partial charge in [0, 0.05) is 31.4 Å².